The number of nitrogens with zero attached hydrogens (tertiary/aromatic N) is 4. The van der Waals surface area contributed by atoms with Crippen LogP contribution in [0.4, 0.5) is 5.69 Å². The van der Waals surface area contributed by atoms with E-state index < -0.39 is 11.5 Å². The van der Waals surface area contributed by atoms with Crippen LogP contribution in [0, 0.1) is 0 Å². The van der Waals surface area contributed by atoms with Gasteiger partial charge < -0.3 is 14.5 Å². The second kappa shape index (κ2) is 10.3. The number of aromatic nitrogens is 2. The summed E-state index contributed by atoms with van der Waals surface area (Å²) < 4.78 is 6.65. The first-order chi connectivity index (χ1) is 15.4. The number of carbonyl (C=O) groups is 2. The van der Waals surface area contributed by atoms with E-state index in [1.807, 2.05) is 11.0 Å². The van der Waals surface area contributed by atoms with E-state index in [0.717, 1.165) is 0 Å². The van der Waals surface area contributed by atoms with Crippen LogP contribution < -0.4 is 10.5 Å². The third kappa shape index (κ3) is 4.47. The Bertz CT molecular complexity index is 1150. The van der Waals surface area contributed by atoms with Gasteiger partial charge in [-0.25, -0.2) is 9.78 Å². The first-order valence-corrected chi connectivity index (χ1v) is 10.7. The van der Waals surface area contributed by atoms with Crippen LogP contribution in [0.25, 0.3) is 11.0 Å². The molecule has 1 aliphatic rings. The van der Waals surface area contributed by atoms with E-state index in [0.29, 0.717) is 47.8 Å². The molecule has 1 fully saturated rings. The van der Waals surface area contributed by atoms with Crippen molar-refractivity contribution in [2.24, 2.45) is 0 Å². The number of fused-ring (bicyclic) bond motifs is 1. The number of rotatable bonds is 7. The lowest BCUT2D eigenvalue weighted by atomic mass is 10.1. The predicted molar refractivity (Wildman–Crippen MR) is 128 cm³/mol. The Morgan fingerprint density at radius 3 is 2.59 bits per heavy atom. The largest absolute Gasteiger partial charge is 0.462 e. The molecule has 0 aromatic carbocycles. The minimum atomic E-state index is -0.680. The highest BCUT2D eigenvalue weighted by molar-refractivity contribution is 7.85. The Labute approximate surface area is 191 Å². The van der Waals surface area contributed by atoms with Crippen molar-refractivity contribution < 1.29 is 14.3 Å². The number of anilines is 1. The summed E-state index contributed by atoms with van der Waals surface area (Å²) in [4.78, 5) is 47.1. The average Bonchev–Trinajstić information content (AvgIpc) is 2.80. The molecule has 3 heterocycles. The van der Waals surface area contributed by atoms with Gasteiger partial charge in [-0.3, -0.25) is 14.2 Å². The van der Waals surface area contributed by atoms with Gasteiger partial charge in [0, 0.05) is 44.3 Å². The van der Waals surface area contributed by atoms with Crippen molar-refractivity contribution in [3.05, 3.63) is 70.5 Å². The number of ether oxygens (including phenoxy) is 1. The van der Waals surface area contributed by atoms with E-state index in [1.54, 1.807) is 36.2 Å². The fourth-order valence-corrected chi connectivity index (χ4v) is 4.00. The van der Waals surface area contributed by atoms with Gasteiger partial charge in [0.15, 0.2) is 0 Å². The van der Waals surface area contributed by atoms with Crippen molar-refractivity contribution in [1.82, 2.24) is 14.5 Å². The van der Waals surface area contributed by atoms with Crippen molar-refractivity contribution in [1.29, 1.82) is 0 Å². The fraction of sp³-hybridized carbons (Fsp3) is 0.304. The van der Waals surface area contributed by atoms with Gasteiger partial charge in [-0.15, -0.1) is 19.2 Å². The number of allylic oxidation sites excluding steroid dienone is 3. The Kier molecular flexibility index (Phi) is 7.53. The van der Waals surface area contributed by atoms with Gasteiger partial charge in [-0.2, -0.15) is 0 Å². The van der Waals surface area contributed by atoms with Crippen LogP contribution in [0.5, 0.6) is 0 Å². The number of pyridine rings is 2. The molecule has 32 heavy (non-hydrogen) atoms. The molecular weight excluding hydrogens is 428 g/mol. The van der Waals surface area contributed by atoms with E-state index in [2.05, 4.69) is 30.8 Å². The molecule has 0 radical (unpaired) electrons. The van der Waals surface area contributed by atoms with E-state index in [-0.39, 0.29) is 24.6 Å². The SMILES string of the molecule is C=C/C=C(\S)C(=O)N1CCN(c2c(C(=O)OCC)c(=O)n(CC=C)c3ncccc23)CC1. The minimum Gasteiger partial charge on any atom is -0.462 e. The Hall–Kier alpha value is -3.33. The lowest BCUT2D eigenvalue weighted by Crippen LogP contribution is -2.50. The summed E-state index contributed by atoms with van der Waals surface area (Å²) in [6.45, 7) is 11.0. The molecule has 0 saturated carbocycles. The molecule has 1 saturated heterocycles. The fourth-order valence-electron chi connectivity index (χ4n) is 3.76. The first-order valence-electron chi connectivity index (χ1n) is 10.3. The zero-order valence-electron chi connectivity index (χ0n) is 18.0. The first kappa shape index (κ1) is 23.3. The van der Waals surface area contributed by atoms with Crippen LogP contribution in [0.3, 0.4) is 0 Å². The molecule has 0 spiro atoms. The Morgan fingerprint density at radius 2 is 1.97 bits per heavy atom. The van der Waals surface area contributed by atoms with Gasteiger partial charge in [0.2, 0.25) is 0 Å². The van der Waals surface area contributed by atoms with Crippen molar-refractivity contribution in [2.75, 3.05) is 37.7 Å². The third-order valence-corrected chi connectivity index (χ3v) is 5.50. The van der Waals surface area contributed by atoms with Crippen molar-refractivity contribution in [2.45, 2.75) is 13.5 Å². The lowest BCUT2D eigenvalue weighted by molar-refractivity contribution is -0.126. The maximum atomic E-state index is 13.3. The molecular formula is C23H26N4O4S. The zero-order chi connectivity index (χ0) is 23.3. The summed E-state index contributed by atoms with van der Waals surface area (Å²) in [5, 5.41) is 0.665. The quantitative estimate of drug-likeness (QED) is 0.227. The molecule has 1 aliphatic heterocycles. The summed E-state index contributed by atoms with van der Waals surface area (Å²) in [5.41, 5.74) is 0.437. The monoisotopic (exact) mass is 454 g/mol. The molecule has 2 aromatic rings. The van der Waals surface area contributed by atoms with Crippen molar-refractivity contribution >= 4 is 41.2 Å². The summed E-state index contributed by atoms with van der Waals surface area (Å²) in [6.07, 6.45) is 6.25. The van der Waals surface area contributed by atoms with E-state index in [1.165, 1.54) is 10.6 Å². The highest BCUT2D eigenvalue weighted by Crippen LogP contribution is 2.30. The summed E-state index contributed by atoms with van der Waals surface area (Å²) in [7, 11) is 0. The van der Waals surface area contributed by atoms with Gasteiger partial charge in [-0.05, 0) is 25.1 Å². The minimum absolute atomic E-state index is 0.0320. The smallest absolute Gasteiger partial charge is 0.345 e. The average molecular weight is 455 g/mol. The van der Waals surface area contributed by atoms with Crippen molar-refractivity contribution in [3.63, 3.8) is 0 Å². The van der Waals surface area contributed by atoms with Crippen molar-refractivity contribution in [3.8, 4) is 0 Å². The van der Waals surface area contributed by atoms with Crippen LogP contribution in [-0.4, -0.2) is 59.1 Å². The summed E-state index contributed by atoms with van der Waals surface area (Å²) >= 11 is 4.23. The standard InChI is InChI=1S/C23H26N4O4S/c1-4-8-17(32)21(28)26-14-12-25(13-15-26)19-16-9-7-10-24-20(16)27(11-5-2)22(29)18(19)23(30)31-6-3/h4-5,7-10,32H,1-2,6,11-15H2,3H3/b17-8-. The Balaban J connectivity index is 2.08. The number of piperazine rings is 1. The highest BCUT2D eigenvalue weighted by atomic mass is 32.1. The second-order valence-corrected chi connectivity index (χ2v) is 7.57. The maximum absolute atomic E-state index is 13.3. The molecule has 168 valence electrons. The van der Waals surface area contributed by atoms with Crippen LogP contribution in [0.15, 0.2) is 59.4 Å². The van der Waals surface area contributed by atoms with Gasteiger partial charge >= 0.3 is 5.97 Å². The van der Waals surface area contributed by atoms with Gasteiger partial charge in [0.1, 0.15) is 11.2 Å². The number of amides is 1. The molecule has 2 aromatic heterocycles. The molecule has 0 bridgehead atoms. The molecule has 8 nitrogen and oxygen atoms in total. The van der Waals surface area contributed by atoms with Crippen LogP contribution in [0.1, 0.15) is 17.3 Å². The molecule has 9 heteroatoms. The number of thiol groups is 1. The van der Waals surface area contributed by atoms with Crippen LogP contribution >= 0.6 is 12.6 Å². The molecule has 0 unspecified atom stereocenters. The molecule has 3 rings (SSSR count). The lowest BCUT2D eigenvalue weighted by Gasteiger charge is -2.37. The second-order valence-electron chi connectivity index (χ2n) is 7.09. The normalized spacial score (nSPS) is 14.4. The Morgan fingerprint density at radius 1 is 1.25 bits per heavy atom. The number of carbonyl (C=O) groups excluding carboxylic acids is 2. The number of hydrogen-bond donors (Lipinski definition) is 1. The van der Waals surface area contributed by atoms with Gasteiger partial charge in [-0.1, -0.05) is 18.7 Å². The molecule has 0 atom stereocenters. The van der Waals surface area contributed by atoms with Crippen LogP contribution in [0.2, 0.25) is 0 Å². The molecule has 0 aliphatic carbocycles. The van der Waals surface area contributed by atoms with E-state index in [9.17, 15) is 14.4 Å². The van der Waals surface area contributed by atoms with Gasteiger partial charge in [0.25, 0.3) is 11.5 Å². The zero-order valence-corrected chi connectivity index (χ0v) is 18.9. The van der Waals surface area contributed by atoms with Gasteiger partial charge in [0.05, 0.1) is 17.2 Å². The number of esters is 1. The summed E-state index contributed by atoms with van der Waals surface area (Å²) in [6, 6.07) is 3.59. The summed E-state index contributed by atoms with van der Waals surface area (Å²) in [5.74, 6) is -0.868. The topological polar surface area (TPSA) is 84.7 Å². The molecule has 0 N–H and O–H groups in total. The van der Waals surface area contributed by atoms with E-state index >= 15 is 0 Å². The molecule has 1 amide bonds. The van der Waals surface area contributed by atoms with Crippen LogP contribution in [-0.2, 0) is 16.1 Å². The highest BCUT2D eigenvalue weighted by Gasteiger charge is 2.30. The predicted octanol–water partition coefficient (Wildman–Crippen LogP) is 2.41. The number of hydrogen-bond acceptors (Lipinski definition) is 7. The van der Waals surface area contributed by atoms with E-state index in [4.69, 9.17) is 4.74 Å². The third-order valence-electron chi connectivity index (χ3n) is 5.16. The maximum Gasteiger partial charge on any atom is 0.345 e.